The van der Waals surface area contributed by atoms with E-state index in [1.165, 1.54) is 0 Å². The van der Waals surface area contributed by atoms with Gasteiger partial charge in [-0.2, -0.15) is 0 Å². The first-order chi connectivity index (χ1) is 16.4. The van der Waals surface area contributed by atoms with E-state index in [4.69, 9.17) is 37.4 Å². The zero-order valence-corrected chi connectivity index (χ0v) is 21.5. The smallest absolute Gasteiger partial charge is 0.363 e. The lowest BCUT2D eigenvalue weighted by molar-refractivity contribution is -0.129. The number of hydrogen-bond donors (Lipinski definition) is 0. The SMILES string of the molecule is CCOc1cc(/C=C2\N=C(c3ccc(Cl)c(Cl)c3)OC2=O)cc(Br)c1OCc1ccccc1C. The van der Waals surface area contributed by atoms with Crippen LogP contribution in [0.25, 0.3) is 6.08 Å². The van der Waals surface area contributed by atoms with Gasteiger partial charge in [-0.15, -0.1) is 0 Å². The fourth-order valence-corrected chi connectivity index (χ4v) is 4.19. The minimum atomic E-state index is -0.560. The van der Waals surface area contributed by atoms with Gasteiger partial charge in [-0.25, -0.2) is 9.79 Å². The Labute approximate surface area is 216 Å². The zero-order chi connectivity index (χ0) is 24.2. The highest BCUT2D eigenvalue weighted by atomic mass is 79.9. The van der Waals surface area contributed by atoms with Crippen LogP contribution < -0.4 is 9.47 Å². The average Bonchev–Trinajstić information content (AvgIpc) is 3.16. The number of benzene rings is 3. The summed E-state index contributed by atoms with van der Waals surface area (Å²) in [6.45, 7) is 4.79. The monoisotopic (exact) mass is 559 g/mol. The third-order valence-electron chi connectivity index (χ3n) is 5.06. The second kappa shape index (κ2) is 10.6. The molecule has 0 aliphatic carbocycles. The number of halogens is 3. The number of carbonyl (C=O) groups excluding carboxylic acids is 1. The molecule has 0 unspecified atom stereocenters. The molecule has 0 atom stereocenters. The normalized spacial score (nSPS) is 14.2. The van der Waals surface area contributed by atoms with Gasteiger partial charge >= 0.3 is 5.97 Å². The standard InChI is InChI=1S/C26H20BrCl2NO4/c1-3-32-23-12-16(10-19(27)24(23)33-14-18-7-5-4-6-15(18)2)11-22-26(31)34-25(30-22)17-8-9-20(28)21(29)13-17/h4-13H,3,14H2,1-2H3/b22-11-. The van der Waals surface area contributed by atoms with Gasteiger partial charge in [0, 0.05) is 5.56 Å². The van der Waals surface area contributed by atoms with Crippen LogP contribution in [-0.2, 0) is 16.1 Å². The van der Waals surface area contributed by atoms with Crippen LogP contribution in [0.3, 0.4) is 0 Å². The number of nitrogens with zero attached hydrogens (tertiary/aromatic N) is 1. The number of hydrogen-bond acceptors (Lipinski definition) is 5. The van der Waals surface area contributed by atoms with Crippen molar-refractivity contribution in [3.8, 4) is 11.5 Å². The first-order valence-corrected chi connectivity index (χ1v) is 12.0. The fourth-order valence-electron chi connectivity index (χ4n) is 3.32. The van der Waals surface area contributed by atoms with Crippen molar-refractivity contribution in [2.45, 2.75) is 20.5 Å². The van der Waals surface area contributed by atoms with Crippen molar-refractivity contribution in [1.29, 1.82) is 0 Å². The highest BCUT2D eigenvalue weighted by Crippen LogP contribution is 2.38. The zero-order valence-electron chi connectivity index (χ0n) is 18.4. The lowest BCUT2D eigenvalue weighted by Crippen LogP contribution is -2.05. The Bertz CT molecular complexity index is 1320. The molecule has 1 aliphatic heterocycles. The van der Waals surface area contributed by atoms with E-state index in [0.29, 0.717) is 50.4 Å². The van der Waals surface area contributed by atoms with Gasteiger partial charge in [0.05, 0.1) is 21.1 Å². The van der Waals surface area contributed by atoms with E-state index in [2.05, 4.69) is 20.9 Å². The third kappa shape index (κ3) is 5.46. The van der Waals surface area contributed by atoms with Crippen LogP contribution in [0.5, 0.6) is 11.5 Å². The molecule has 0 bridgehead atoms. The van der Waals surface area contributed by atoms with Crippen molar-refractivity contribution in [2.75, 3.05) is 6.61 Å². The summed E-state index contributed by atoms with van der Waals surface area (Å²) in [6, 6.07) is 16.6. The van der Waals surface area contributed by atoms with E-state index in [-0.39, 0.29) is 11.6 Å². The Morgan fingerprint density at radius 3 is 2.59 bits per heavy atom. The summed E-state index contributed by atoms with van der Waals surface area (Å²) in [5.41, 5.74) is 3.64. The predicted octanol–water partition coefficient (Wildman–Crippen LogP) is 7.39. The molecule has 174 valence electrons. The van der Waals surface area contributed by atoms with E-state index >= 15 is 0 Å². The van der Waals surface area contributed by atoms with Crippen molar-refractivity contribution in [2.24, 2.45) is 4.99 Å². The Hall–Kier alpha value is -2.80. The molecule has 1 aliphatic rings. The number of carbonyl (C=O) groups is 1. The summed E-state index contributed by atoms with van der Waals surface area (Å²) in [6.07, 6.45) is 1.63. The van der Waals surface area contributed by atoms with E-state index in [1.807, 2.05) is 44.2 Å². The van der Waals surface area contributed by atoms with Gasteiger partial charge in [-0.1, -0.05) is 47.5 Å². The average molecular weight is 561 g/mol. The topological polar surface area (TPSA) is 57.1 Å². The molecule has 3 aromatic rings. The molecule has 4 rings (SSSR count). The van der Waals surface area contributed by atoms with Gasteiger partial charge in [0.25, 0.3) is 0 Å². The fraction of sp³-hybridized carbons (Fsp3) is 0.154. The summed E-state index contributed by atoms with van der Waals surface area (Å²) in [4.78, 5) is 16.8. The van der Waals surface area contributed by atoms with Crippen LogP contribution >= 0.6 is 39.1 Å². The van der Waals surface area contributed by atoms with Crippen molar-refractivity contribution in [1.82, 2.24) is 0 Å². The first kappa shape index (κ1) is 24.3. The number of esters is 1. The minimum absolute atomic E-state index is 0.156. The van der Waals surface area contributed by atoms with Crippen molar-refractivity contribution in [3.05, 3.63) is 97.1 Å². The van der Waals surface area contributed by atoms with Crippen LogP contribution in [0.1, 0.15) is 29.2 Å². The van der Waals surface area contributed by atoms with Gasteiger partial charge in [0.15, 0.2) is 17.2 Å². The molecule has 0 spiro atoms. The molecular weight excluding hydrogens is 541 g/mol. The first-order valence-electron chi connectivity index (χ1n) is 10.5. The van der Waals surface area contributed by atoms with Crippen LogP contribution in [-0.4, -0.2) is 18.5 Å². The number of ether oxygens (including phenoxy) is 3. The van der Waals surface area contributed by atoms with Crippen LogP contribution in [0, 0.1) is 6.92 Å². The maximum atomic E-state index is 12.4. The number of cyclic esters (lactones) is 1. The minimum Gasteiger partial charge on any atom is -0.490 e. The molecule has 0 radical (unpaired) electrons. The summed E-state index contributed by atoms with van der Waals surface area (Å²) in [7, 11) is 0. The molecule has 0 fully saturated rings. The number of aryl methyl sites for hydroxylation is 1. The quantitative estimate of drug-likeness (QED) is 0.223. The van der Waals surface area contributed by atoms with Crippen LogP contribution in [0.4, 0.5) is 0 Å². The number of aliphatic imine (C=N–C) groups is 1. The van der Waals surface area contributed by atoms with Crippen LogP contribution in [0.2, 0.25) is 10.0 Å². The molecule has 34 heavy (non-hydrogen) atoms. The molecular formula is C26H20BrCl2NO4. The molecule has 0 N–H and O–H groups in total. The van der Waals surface area contributed by atoms with E-state index in [0.717, 1.165) is 11.1 Å². The Morgan fingerprint density at radius 1 is 1.06 bits per heavy atom. The van der Waals surface area contributed by atoms with Gasteiger partial charge in [0.2, 0.25) is 5.90 Å². The summed E-state index contributed by atoms with van der Waals surface area (Å²) in [5, 5.41) is 0.756. The predicted molar refractivity (Wildman–Crippen MR) is 138 cm³/mol. The second-order valence-electron chi connectivity index (χ2n) is 7.44. The largest absolute Gasteiger partial charge is 0.490 e. The highest BCUT2D eigenvalue weighted by Gasteiger charge is 2.25. The molecule has 0 saturated heterocycles. The van der Waals surface area contributed by atoms with Crippen LogP contribution in [0.15, 0.2) is 69.8 Å². The van der Waals surface area contributed by atoms with Crippen molar-refractivity contribution in [3.63, 3.8) is 0 Å². The second-order valence-corrected chi connectivity index (χ2v) is 9.11. The maximum Gasteiger partial charge on any atom is 0.363 e. The molecule has 0 saturated carbocycles. The van der Waals surface area contributed by atoms with Gasteiger partial charge in [-0.3, -0.25) is 0 Å². The maximum absolute atomic E-state index is 12.4. The summed E-state index contributed by atoms with van der Waals surface area (Å²) < 4.78 is 17.9. The molecule has 5 nitrogen and oxygen atoms in total. The van der Waals surface area contributed by atoms with Crippen molar-refractivity contribution < 1.29 is 19.0 Å². The van der Waals surface area contributed by atoms with E-state index < -0.39 is 5.97 Å². The molecule has 8 heteroatoms. The van der Waals surface area contributed by atoms with Gasteiger partial charge in [-0.05, 0) is 82.9 Å². The van der Waals surface area contributed by atoms with Crippen molar-refractivity contribution >= 4 is 57.1 Å². The Kier molecular flexibility index (Phi) is 7.61. The van der Waals surface area contributed by atoms with E-state index in [1.54, 1.807) is 30.3 Å². The Balaban J connectivity index is 1.62. The lowest BCUT2D eigenvalue weighted by Gasteiger charge is -2.15. The molecule has 3 aromatic carbocycles. The lowest BCUT2D eigenvalue weighted by atomic mass is 10.1. The Morgan fingerprint density at radius 2 is 1.85 bits per heavy atom. The third-order valence-corrected chi connectivity index (χ3v) is 6.38. The summed E-state index contributed by atoms with van der Waals surface area (Å²) in [5.74, 6) is 0.741. The number of rotatable bonds is 7. The van der Waals surface area contributed by atoms with Gasteiger partial charge in [0.1, 0.15) is 6.61 Å². The molecule has 1 heterocycles. The molecule has 0 amide bonds. The van der Waals surface area contributed by atoms with Gasteiger partial charge < -0.3 is 14.2 Å². The van der Waals surface area contributed by atoms with E-state index in [9.17, 15) is 4.79 Å². The molecule has 0 aromatic heterocycles. The highest BCUT2D eigenvalue weighted by molar-refractivity contribution is 9.10. The summed E-state index contributed by atoms with van der Waals surface area (Å²) >= 11 is 15.6.